The van der Waals surface area contributed by atoms with Gasteiger partial charge in [0.2, 0.25) is 11.8 Å². The largest absolute Gasteiger partial charge is 0.302 e. The number of rotatable bonds is 2. The SMILES string of the molecule is O=C1CC(=O)N(Cc2ccccc2)C(=S)N1. The average Bonchev–Trinajstić information content (AvgIpc) is 2.25. The van der Waals surface area contributed by atoms with E-state index in [1.807, 2.05) is 30.3 Å². The van der Waals surface area contributed by atoms with E-state index in [9.17, 15) is 9.59 Å². The minimum Gasteiger partial charge on any atom is -0.302 e. The van der Waals surface area contributed by atoms with Gasteiger partial charge in [0.05, 0.1) is 6.54 Å². The van der Waals surface area contributed by atoms with Gasteiger partial charge in [0.1, 0.15) is 6.42 Å². The number of amides is 2. The van der Waals surface area contributed by atoms with Crippen LogP contribution in [0.4, 0.5) is 0 Å². The lowest BCUT2D eigenvalue weighted by molar-refractivity contribution is -0.135. The molecule has 1 fully saturated rings. The van der Waals surface area contributed by atoms with Crippen molar-refractivity contribution in [1.82, 2.24) is 10.2 Å². The van der Waals surface area contributed by atoms with Crippen LogP contribution in [0, 0.1) is 0 Å². The monoisotopic (exact) mass is 234 g/mol. The fourth-order valence-electron chi connectivity index (χ4n) is 1.50. The third-order valence-electron chi connectivity index (χ3n) is 2.29. The second-order valence-electron chi connectivity index (χ2n) is 3.50. The van der Waals surface area contributed by atoms with Crippen molar-refractivity contribution in [2.24, 2.45) is 0 Å². The van der Waals surface area contributed by atoms with Gasteiger partial charge in [0, 0.05) is 0 Å². The molecule has 1 N–H and O–H groups in total. The molecule has 1 aromatic carbocycles. The number of benzene rings is 1. The predicted octanol–water partition coefficient (Wildman–Crippen LogP) is 0.820. The molecule has 0 bridgehead atoms. The van der Waals surface area contributed by atoms with Crippen molar-refractivity contribution < 1.29 is 9.59 Å². The van der Waals surface area contributed by atoms with Gasteiger partial charge < -0.3 is 5.32 Å². The molecule has 2 rings (SSSR count). The van der Waals surface area contributed by atoms with E-state index >= 15 is 0 Å². The van der Waals surface area contributed by atoms with Crippen LogP contribution in [0.5, 0.6) is 0 Å². The van der Waals surface area contributed by atoms with Crippen molar-refractivity contribution in [3.05, 3.63) is 35.9 Å². The first-order valence-corrected chi connectivity index (χ1v) is 5.26. The Morgan fingerprint density at radius 1 is 1.25 bits per heavy atom. The highest BCUT2D eigenvalue weighted by Gasteiger charge is 2.27. The zero-order chi connectivity index (χ0) is 11.5. The van der Waals surface area contributed by atoms with Crippen LogP contribution in [0.1, 0.15) is 12.0 Å². The molecule has 0 aliphatic carbocycles. The van der Waals surface area contributed by atoms with Crippen LogP contribution in [0.25, 0.3) is 0 Å². The smallest absolute Gasteiger partial charge is 0.238 e. The predicted molar refractivity (Wildman–Crippen MR) is 62.3 cm³/mol. The van der Waals surface area contributed by atoms with Crippen LogP contribution in [-0.2, 0) is 16.1 Å². The van der Waals surface area contributed by atoms with Crippen LogP contribution in [0.2, 0.25) is 0 Å². The van der Waals surface area contributed by atoms with Gasteiger partial charge in [-0.3, -0.25) is 14.5 Å². The summed E-state index contributed by atoms with van der Waals surface area (Å²) in [5.74, 6) is -0.586. The summed E-state index contributed by atoms with van der Waals surface area (Å²) in [7, 11) is 0. The van der Waals surface area contributed by atoms with Crippen LogP contribution < -0.4 is 5.32 Å². The Labute approximate surface area is 98.2 Å². The summed E-state index contributed by atoms with van der Waals surface area (Å²) < 4.78 is 0. The standard InChI is InChI=1S/C11H10N2O2S/c14-9-6-10(15)13(11(16)12-9)7-8-4-2-1-3-5-8/h1-5H,6-7H2,(H,12,14,16). The van der Waals surface area contributed by atoms with Crippen LogP contribution in [-0.4, -0.2) is 21.8 Å². The highest BCUT2D eigenvalue weighted by atomic mass is 32.1. The lowest BCUT2D eigenvalue weighted by atomic mass is 10.2. The lowest BCUT2D eigenvalue weighted by Crippen LogP contribution is -2.51. The minimum atomic E-state index is -0.334. The molecule has 82 valence electrons. The third kappa shape index (κ3) is 2.25. The molecule has 1 aromatic rings. The zero-order valence-corrected chi connectivity index (χ0v) is 9.29. The molecule has 16 heavy (non-hydrogen) atoms. The summed E-state index contributed by atoms with van der Waals surface area (Å²) in [6, 6.07) is 9.51. The van der Waals surface area contributed by atoms with E-state index in [-0.39, 0.29) is 23.3 Å². The number of carbonyl (C=O) groups excluding carboxylic acids is 2. The number of nitrogens with zero attached hydrogens (tertiary/aromatic N) is 1. The van der Waals surface area contributed by atoms with Crippen molar-refractivity contribution in [1.29, 1.82) is 0 Å². The molecule has 0 saturated carbocycles. The van der Waals surface area contributed by atoms with Crippen molar-refractivity contribution in [3.8, 4) is 0 Å². The molecular weight excluding hydrogens is 224 g/mol. The maximum Gasteiger partial charge on any atom is 0.238 e. The van der Waals surface area contributed by atoms with E-state index < -0.39 is 0 Å². The van der Waals surface area contributed by atoms with Crippen molar-refractivity contribution >= 4 is 29.1 Å². The number of hydrogen-bond donors (Lipinski definition) is 1. The Balaban J connectivity index is 2.13. The summed E-state index contributed by atoms with van der Waals surface area (Å²) in [4.78, 5) is 24.0. The van der Waals surface area contributed by atoms with E-state index in [0.29, 0.717) is 6.54 Å². The van der Waals surface area contributed by atoms with Gasteiger partial charge in [-0.05, 0) is 17.8 Å². The molecule has 0 unspecified atom stereocenters. The number of carbonyl (C=O) groups is 2. The highest BCUT2D eigenvalue weighted by molar-refractivity contribution is 7.80. The normalized spacial score (nSPS) is 16.2. The topological polar surface area (TPSA) is 49.4 Å². The van der Waals surface area contributed by atoms with Gasteiger partial charge in [-0.15, -0.1) is 0 Å². The van der Waals surface area contributed by atoms with Crippen LogP contribution in [0.3, 0.4) is 0 Å². The first-order valence-electron chi connectivity index (χ1n) is 4.85. The molecule has 1 aliphatic rings. The number of nitrogens with one attached hydrogen (secondary N) is 1. The van der Waals surface area contributed by atoms with Gasteiger partial charge in [-0.2, -0.15) is 0 Å². The molecule has 5 heteroatoms. The van der Waals surface area contributed by atoms with Gasteiger partial charge in [0.15, 0.2) is 5.11 Å². The van der Waals surface area contributed by atoms with Gasteiger partial charge in [-0.25, -0.2) is 0 Å². The summed E-state index contributed by atoms with van der Waals surface area (Å²) in [6.45, 7) is 0.402. The Kier molecular flexibility index (Phi) is 2.96. The molecule has 1 aliphatic heterocycles. The van der Waals surface area contributed by atoms with Crippen LogP contribution >= 0.6 is 12.2 Å². The van der Waals surface area contributed by atoms with Crippen molar-refractivity contribution in [2.75, 3.05) is 0 Å². The van der Waals surface area contributed by atoms with E-state index in [0.717, 1.165) is 5.56 Å². The van der Waals surface area contributed by atoms with E-state index in [1.54, 1.807) is 0 Å². The fourth-order valence-corrected chi connectivity index (χ4v) is 1.78. The van der Waals surface area contributed by atoms with Gasteiger partial charge >= 0.3 is 0 Å². The Morgan fingerprint density at radius 2 is 1.94 bits per heavy atom. The maximum absolute atomic E-state index is 11.6. The molecule has 0 aromatic heterocycles. The summed E-state index contributed by atoms with van der Waals surface area (Å²) in [6.07, 6.45) is -0.132. The minimum absolute atomic E-state index is 0.132. The third-order valence-corrected chi connectivity index (χ3v) is 2.61. The summed E-state index contributed by atoms with van der Waals surface area (Å²) >= 11 is 4.95. The van der Waals surface area contributed by atoms with Crippen molar-refractivity contribution in [3.63, 3.8) is 0 Å². The quantitative estimate of drug-likeness (QED) is 0.609. The molecule has 2 amide bonds. The maximum atomic E-state index is 11.6. The second-order valence-corrected chi connectivity index (χ2v) is 3.88. The zero-order valence-electron chi connectivity index (χ0n) is 8.47. The lowest BCUT2D eigenvalue weighted by Gasteiger charge is -2.27. The molecular formula is C11H10N2O2S. The molecule has 0 spiro atoms. The Hall–Kier alpha value is -1.75. The van der Waals surface area contributed by atoms with E-state index in [1.165, 1.54) is 4.90 Å². The molecule has 1 heterocycles. The average molecular weight is 234 g/mol. The van der Waals surface area contributed by atoms with Crippen LogP contribution in [0.15, 0.2) is 30.3 Å². The van der Waals surface area contributed by atoms with Crippen molar-refractivity contribution in [2.45, 2.75) is 13.0 Å². The van der Waals surface area contributed by atoms with Gasteiger partial charge in [-0.1, -0.05) is 30.3 Å². The Bertz CT molecular complexity index is 425. The first-order chi connectivity index (χ1) is 7.66. The van der Waals surface area contributed by atoms with Gasteiger partial charge in [0.25, 0.3) is 0 Å². The second kappa shape index (κ2) is 4.40. The number of hydrogen-bond acceptors (Lipinski definition) is 3. The molecule has 4 nitrogen and oxygen atoms in total. The fraction of sp³-hybridized carbons (Fsp3) is 0.182. The Morgan fingerprint density at radius 3 is 2.56 bits per heavy atom. The van der Waals surface area contributed by atoms with E-state index in [4.69, 9.17) is 12.2 Å². The highest BCUT2D eigenvalue weighted by Crippen LogP contribution is 2.09. The molecule has 0 atom stereocenters. The van der Waals surface area contributed by atoms with E-state index in [2.05, 4.69) is 5.32 Å². The molecule has 1 saturated heterocycles. The molecule has 0 radical (unpaired) electrons. The summed E-state index contributed by atoms with van der Waals surface area (Å²) in [5, 5.41) is 2.66. The summed E-state index contributed by atoms with van der Waals surface area (Å²) in [5.41, 5.74) is 0.981. The first kappa shape index (κ1) is 10.8. The number of thiocarbonyl (C=S) groups is 1.